The molecule has 0 fully saturated rings. The van der Waals surface area contributed by atoms with Crippen LogP contribution in [0.2, 0.25) is 0 Å². The Morgan fingerprint density at radius 1 is 1.19 bits per heavy atom. The highest BCUT2D eigenvalue weighted by atomic mass is 32.1. The van der Waals surface area contributed by atoms with Crippen LogP contribution in [0.3, 0.4) is 0 Å². The van der Waals surface area contributed by atoms with E-state index in [2.05, 4.69) is 4.99 Å². The number of fused-ring (bicyclic) bond motifs is 1. The number of rotatable bonds is 3. The van der Waals surface area contributed by atoms with Crippen LogP contribution in [-0.2, 0) is 0 Å². The summed E-state index contributed by atoms with van der Waals surface area (Å²) in [4.78, 5) is 16.1. The van der Waals surface area contributed by atoms with Crippen LogP contribution in [0.1, 0.15) is 20.8 Å². The van der Waals surface area contributed by atoms with E-state index in [-0.39, 0.29) is 17.2 Å². The van der Waals surface area contributed by atoms with Crippen molar-refractivity contribution in [3.63, 3.8) is 0 Å². The van der Waals surface area contributed by atoms with Gasteiger partial charge < -0.3 is 15.3 Å². The molecule has 1 aliphatic rings. The Morgan fingerprint density at radius 2 is 1.96 bits per heavy atom. The van der Waals surface area contributed by atoms with E-state index >= 15 is 0 Å². The van der Waals surface area contributed by atoms with Gasteiger partial charge in [-0.25, -0.2) is 4.79 Å². The fraction of sp³-hybridized carbons (Fsp3) is 0. The highest BCUT2D eigenvalue weighted by molar-refractivity contribution is 7.73. The third kappa shape index (κ3) is 2.94. The number of hydrogen-bond acceptors (Lipinski definition) is 6. The van der Waals surface area contributed by atoms with E-state index < -0.39 is 5.97 Å². The molecule has 134 valence electrons. The molecule has 1 aliphatic heterocycles. The predicted molar refractivity (Wildman–Crippen MR) is 107 cm³/mol. The van der Waals surface area contributed by atoms with Gasteiger partial charge in [-0.2, -0.15) is 0 Å². The Kier molecular flexibility index (Phi) is 4.14. The molecule has 0 saturated heterocycles. The lowest BCUT2D eigenvalue weighted by molar-refractivity contribution is 0.0693. The Morgan fingerprint density at radius 3 is 2.74 bits per heavy atom. The summed E-state index contributed by atoms with van der Waals surface area (Å²) in [5.74, 6) is -1.72. The van der Waals surface area contributed by atoms with Crippen molar-refractivity contribution in [3.8, 4) is 17.3 Å². The van der Waals surface area contributed by atoms with Crippen LogP contribution in [-0.4, -0.2) is 32.1 Å². The number of carboxylic acids is 1. The van der Waals surface area contributed by atoms with Crippen LogP contribution < -0.4 is 0 Å². The number of aromatic nitrogens is 1. The molecule has 0 bridgehead atoms. The van der Waals surface area contributed by atoms with Crippen LogP contribution in [0, 0.1) is 3.95 Å². The number of aromatic carboxylic acids is 1. The minimum atomic E-state index is -1.27. The summed E-state index contributed by atoms with van der Waals surface area (Å²) in [5, 5.41) is 29.5. The standard InChI is InChI=1S/C19H12N2O4S2/c22-15-6-5-11(8-13(15)18(24)25)21-17(23)16(27-19(21)26)7-10-9-20-14-4-2-1-3-12(10)14/h1-9,22-23H,(H,24,25)/b10-7+. The Bertz CT molecular complexity index is 1200. The van der Waals surface area contributed by atoms with Crippen molar-refractivity contribution >= 4 is 53.1 Å². The molecule has 8 heteroatoms. The van der Waals surface area contributed by atoms with Crippen molar-refractivity contribution in [1.29, 1.82) is 0 Å². The number of phenols is 1. The van der Waals surface area contributed by atoms with Crippen LogP contribution in [0.25, 0.3) is 17.3 Å². The minimum absolute atomic E-state index is 0.0997. The third-order valence-electron chi connectivity index (χ3n) is 4.13. The molecule has 0 aliphatic carbocycles. The van der Waals surface area contributed by atoms with Gasteiger partial charge in [-0.15, -0.1) is 11.3 Å². The fourth-order valence-electron chi connectivity index (χ4n) is 2.83. The summed E-state index contributed by atoms with van der Waals surface area (Å²) in [6, 6.07) is 11.7. The van der Waals surface area contributed by atoms with Crippen LogP contribution in [0.4, 0.5) is 5.69 Å². The van der Waals surface area contributed by atoms with Gasteiger partial charge in [0.1, 0.15) is 11.3 Å². The number of hydrogen-bond donors (Lipinski definition) is 3. The van der Waals surface area contributed by atoms with Gasteiger partial charge in [-0.05, 0) is 42.6 Å². The van der Waals surface area contributed by atoms with E-state index in [1.54, 1.807) is 12.3 Å². The Balaban J connectivity index is 1.82. The zero-order valence-corrected chi connectivity index (χ0v) is 15.3. The van der Waals surface area contributed by atoms with Crippen molar-refractivity contribution in [2.45, 2.75) is 0 Å². The van der Waals surface area contributed by atoms with Gasteiger partial charge >= 0.3 is 5.97 Å². The quantitative estimate of drug-likeness (QED) is 0.561. The van der Waals surface area contributed by atoms with Crippen molar-refractivity contribution < 1.29 is 20.1 Å². The van der Waals surface area contributed by atoms with Crippen LogP contribution >= 0.6 is 23.6 Å². The topological polar surface area (TPSA) is 95.0 Å². The van der Waals surface area contributed by atoms with E-state index in [0.29, 0.717) is 14.5 Å². The first-order chi connectivity index (χ1) is 13.0. The van der Waals surface area contributed by atoms with Crippen LogP contribution in [0.15, 0.2) is 47.5 Å². The summed E-state index contributed by atoms with van der Waals surface area (Å²) >= 11 is 6.55. The molecule has 27 heavy (non-hydrogen) atoms. The molecule has 2 aromatic carbocycles. The molecule has 0 amide bonds. The van der Waals surface area contributed by atoms with E-state index in [4.69, 9.17) is 12.2 Å². The second kappa shape index (κ2) is 6.49. The molecular formula is C19H12N2O4S2. The second-order valence-corrected chi connectivity index (χ2v) is 7.45. The molecule has 6 nitrogen and oxygen atoms in total. The van der Waals surface area contributed by atoms with Crippen molar-refractivity contribution in [2.24, 2.45) is 4.99 Å². The van der Waals surface area contributed by atoms with Gasteiger partial charge in [0, 0.05) is 17.4 Å². The maximum absolute atomic E-state index is 11.2. The number of aromatic hydroxyl groups is 2. The first-order valence-electron chi connectivity index (χ1n) is 7.82. The average molecular weight is 396 g/mol. The van der Waals surface area contributed by atoms with E-state index in [1.165, 1.54) is 34.1 Å². The summed E-state index contributed by atoms with van der Waals surface area (Å²) in [7, 11) is 0. The highest BCUT2D eigenvalue weighted by Crippen LogP contribution is 2.37. The Hall–Kier alpha value is -3.23. The molecule has 3 aromatic rings. The van der Waals surface area contributed by atoms with Gasteiger partial charge in [0.25, 0.3) is 0 Å². The lowest BCUT2D eigenvalue weighted by Crippen LogP contribution is -2.00. The number of thiazole rings is 1. The molecular weight excluding hydrogens is 384 g/mol. The van der Waals surface area contributed by atoms with Gasteiger partial charge in [-0.1, -0.05) is 18.2 Å². The maximum Gasteiger partial charge on any atom is 0.339 e. The molecule has 0 radical (unpaired) electrons. The van der Waals surface area contributed by atoms with Gasteiger partial charge in [-0.3, -0.25) is 9.56 Å². The summed E-state index contributed by atoms with van der Waals surface area (Å²) in [6.07, 6.45) is 3.51. The first kappa shape index (κ1) is 17.2. The number of carboxylic acid groups (broad SMARTS) is 1. The predicted octanol–water partition coefficient (Wildman–Crippen LogP) is 4.63. The number of para-hydroxylation sites is 1. The second-order valence-electron chi connectivity index (χ2n) is 5.77. The molecule has 0 spiro atoms. The summed E-state index contributed by atoms with van der Waals surface area (Å²) in [6.45, 7) is 0. The molecule has 4 rings (SSSR count). The number of nitrogens with zero attached hydrogens (tertiary/aromatic N) is 2. The SMILES string of the molecule is O=C(O)c1cc(-n2c(O)c(/C=C3\C=Nc4ccccc43)sc2=S)ccc1O. The molecule has 0 atom stereocenters. The number of aliphatic imine (C=N–C) groups is 1. The van der Waals surface area contributed by atoms with Gasteiger partial charge in [0.05, 0.1) is 16.3 Å². The zero-order valence-electron chi connectivity index (χ0n) is 13.7. The molecule has 2 heterocycles. The minimum Gasteiger partial charge on any atom is -0.507 e. The van der Waals surface area contributed by atoms with Crippen LogP contribution in [0.5, 0.6) is 11.6 Å². The largest absolute Gasteiger partial charge is 0.507 e. The smallest absolute Gasteiger partial charge is 0.339 e. The van der Waals surface area contributed by atoms with Crippen molar-refractivity contribution in [2.75, 3.05) is 0 Å². The summed E-state index contributed by atoms with van der Waals surface area (Å²) < 4.78 is 1.72. The lowest BCUT2D eigenvalue weighted by Gasteiger charge is -2.07. The van der Waals surface area contributed by atoms with Gasteiger partial charge in [0.2, 0.25) is 5.88 Å². The average Bonchev–Trinajstić information content (AvgIpc) is 3.17. The monoisotopic (exact) mass is 396 g/mol. The fourth-order valence-corrected chi connectivity index (χ4v) is 4.13. The number of benzene rings is 2. The molecule has 3 N–H and O–H groups in total. The number of allylic oxidation sites excluding steroid dienone is 1. The first-order valence-corrected chi connectivity index (χ1v) is 9.05. The maximum atomic E-state index is 11.2. The van der Waals surface area contributed by atoms with E-state index in [9.17, 15) is 20.1 Å². The van der Waals surface area contributed by atoms with Crippen molar-refractivity contribution in [1.82, 2.24) is 4.57 Å². The van der Waals surface area contributed by atoms with E-state index in [0.717, 1.165) is 16.8 Å². The third-order valence-corrected chi connectivity index (χ3v) is 5.44. The van der Waals surface area contributed by atoms with Crippen molar-refractivity contribution in [3.05, 3.63) is 62.4 Å². The molecule has 0 saturated carbocycles. The normalized spacial score (nSPS) is 13.9. The molecule has 0 unspecified atom stereocenters. The van der Waals surface area contributed by atoms with E-state index in [1.807, 2.05) is 24.3 Å². The van der Waals surface area contributed by atoms with Gasteiger partial charge in [0.15, 0.2) is 3.95 Å². The Labute approximate surface area is 162 Å². The summed E-state index contributed by atoms with van der Waals surface area (Å²) in [5.41, 5.74) is 2.75. The zero-order chi connectivity index (χ0) is 19.1. The lowest BCUT2D eigenvalue weighted by atomic mass is 10.1. The highest BCUT2D eigenvalue weighted by Gasteiger charge is 2.18. The molecule has 1 aromatic heterocycles. The number of carbonyl (C=O) groups is 1.